The van der Waals surface area contributed by atoms with Gasteiger partial charge in [-0.25, -0.2) is 9.18 Å². The second-order valence-electron chi connectivity index (χ2n) is 5.18. The number of halogens is 2. The largest absolute Gasteiger partial charge is 0.466 e. The third-order valence-corrected chi connectivity index (χ3v) is 4.19. The van der Waals surface area contributed by atoms with Gasteiger partial charge in [-0.1, -0.05) is 19.9 Å². The van der Waals surface area contributed by atoms with E-state index < -0.39 is 12.0 Å². The first-order valence-corrected chi connectivity index (χ1v) is 7.90. The molecule has 1 aliphatic heterocycles. The summed E-state index contributed by atoms with van der Waals surface area (Å²) in [5.74, 6) is -0.759. The van der Waals surface area contributed by atoms with Crippen LogP contribution in [0.15, 0.2) is 33.9 Å². The van der Waals surface area contributed by atoms with Crippen molar-refractivity contribution in [3.8, 4) is 0 Å². The van der Waals surface area contributed by atoms with E-state index in [1.165, 1.54) is 13.2 Å². The Morgan fingerprint density at radius 3 is 2.68 bits per heavy atom. The Morgan fingerprint density at radius 2 is 2.14 bits per heavy atom. The molecule has 118 valence electrons. The molecule has 2 N–H and O–H groups in total. The van der Waals surface area contributed by atoms with Gasteiger partial charge in [-0.2, -0.15) is 0 Å². The third kappa shape index (κ3) is 3.30. The molecular formula is C15H16BrFN2O2S. The van der Waals surface area contributed by atoms with Crippen LogP contribution in [0, 0.1) is 11.7 Å². The summed E-state index contributed by atoms with van der Waals surface area (Å²) in [6.07, 6.45) is 0. The summed E-state index contributed by atoms with van der Waals surface area (Å²) in [6, 6.07) is 4.10. The SMILES string of the molecule is COC(=O)C1=C(C(C)C)NC(=S)N[C@H]1c1ccc(F)c(Br)c1. The number of thiocarbonyl (C=S) groups is 1. The smallest absolute Gasteiger partial charge is 0.337 e. The lowest BCUT2D eigenvalue weighted by Gasteiger charge is -2.32. The molecular weight excluding hydrogens is 371 g/mol. The summed E-state index contributed by atoms with van der Waals surface area (Å²) < 4.78 is 18.7. The van der Waals surface area contributed by atoms with Crippen molar-refractivity contribution in [1.82, 2.24) is 10.6 Å². The van der Waals surface area contributed by atoms with Gasteiger partial charge in [0.25, 0.3) is 0 Å². The third-order valence-electron chi connectivity index (χ3n) is 3.36. The lowest BCUT2D eigenvalue weighted by molar-refractivity contribution is -0.136. The molecule has 2 rings (SSSR count). The molecule has 0 aliphatic carbocycles. The van der Waals surface area contributed by atoms with Crippen molar-refractivity contribution in [2.24, 2.45) is 5.92 Å². The zero-order valence-electron chi connectivity index (χ0n) is 12.4. The van der Waals surface area contributed by atoms with Gasteiger partial charge in [0.1, 0.15) is 5.82 Å². The van der Waals surface area contributed by atoms with Crippen molar-refractivity contribution >= 4 is 39.2 Å². The van der Waals surface area contributed by atoms with Crippen LogP contribution < -0.4 is 10.6 Å². The van der Waals surface area contributed by atoms with Crippen LogP contribution in [0.25, 0.3) is 0 Å². The molecule has 1 aromatic rings. The predicted molar refractivity (Wildman–Crippen MR) is 89.6 cm³/mol. The average Bonchev–Trinajstić information content (AvgIpc) is 2.48. The van der Waals surface area contributed by atoms with Crippen molar-refractivity contribution in [3.05, 3.63) is 45.3 Å². The summed E-state index contributed by atoms with van der Waals surface area (Å²) in [5.41, 5.74) is 1.88. The summed E-state index contributed by atoms with van der Waals surface area (Å²) >= 11 is 8.38. The summed E-state index contributed by atoms with van der Waals surface area (Å²) in [7, 11) is 1.33. The minimum absolute atomic E-state index is 0.0561. The van der Waals surface area contributed by atoms with Crippen molar-refractivity contribution in [3.63, 3.8) is 0 Å². The second kappa shape index (κ2) is 6.75. The maximum absolute atomic E-state index is 13.5. The van der Waals surface area contributed by atoms with Crippen LogP contribution in [0.1, 0.15) is 25.5 Å². The Balaban J connectivity index is 2.59. The van der Waals surface area contributed by atoms with E-state index in [1.54, 1.807) is 12.1 Å². The van der Waals surface area contributed by atoms with Crippen LogP contribution in [-0.4, -0.2) is 18.2 Å². The fourth-order valence-corrected chi connectivity index (χ4v) is 2.94. The fraction of sp³-hybridized carbons (Fsp3) is 0.333. The van der Waals surface area contributed by atoms with E-state index in [4.69, 9.17) is 17.0 Å². The molecule has 0 radical (unpaired) electrons. The first-order valence-electron chi connectivity index (χ1n) is 6.70. The quantitative estimate of drug-likeness (QED) is 0.616. The molecule has 7 heteroatoms. The maximum Gasteiger partial charge on any atom is 0.337 e. The van der Waals surface area contributed by atoms with Gasteiger partial charge in [-0.05, 0) is 51.8 Å². The second-order valence-corrected chi connectivity index (χ2v) is 6.44. The minimum Gasteiger partial charge on any atom is -0.466 e. The number of rotatable bonds is 3. The minimum atomic E-state index is -0.490. The Kier molecular flexibility index (Phi) is 5.18. The molecule has 0 spiro atoms. The Labute approximate surface area is 142 Å². The molecule has 4 nitrogen and oxygen atoms in total. The van der Waals surface area contributed by atoms with Gasteiger partial charge in [0.15, 0.2) is 5.11 Å². The monoisotopic (exact) mass is 386 g/mol. The Bertz CT molecular complexity index is 661. The standard InChI is InChI=1S/C15H16BrFN2O2S/c1-7(2)12-11(14(20)21-3)13(19-15(22)18-12)8-4-5-10(17)9(16)6-8/h4-7,13H,1-3H3,(H2,18,19,22)/t13-/m0/s1. The number of hydrogen-bond donors (Lipinski definition) is 2. The number of esters is 1. The highest BCUT2D eigenvalue weighted by Gasteiger charge is 2.33. The van der Waals surface area contributed by atoms with Crippen LogP contribution in [0.3, 0.4) is 0 Å². The molecule has 0 amide bonds. The summed E-state index contributed by atoms with van der Waals surface area (Å²) in [4.78, 5) is 12.2. The Hall–Kier alpha value is -1.47. The highest BCUT2D eigenvalue weighted by Crippen LogP contribution is 2.32. The van der Waals surface area contributed by atoms with E-state index in [1.807, 2.05) is 13.8 Å². The highest BCUT2D eigenvalue weighted by atomic mass is 79.9. The number of carbonyl (C=O) groups is 1. The zero-order valence-corrected chi connectivity index (χ0v) is 14.8. The van der Waals surface area contributed by atoms with Crippen LogP contribution in [0.4, 0.5) is 4.39 Å². The van der Waals surface area contributed by atoms with E-state index in [0.717, 1.165) is 5.56 Å². The number of hydrogen-bond acceptors (Lipinski definition) is 3. The molecule has 0 saturated carbocycles. The molecule has 0 unspecified atom stereocenters. The number of ether oxygens (including phenoxy) is 1. The van der Waals surface area contributed by atoms with Crippen LogP contribution >= 0.6 is 28.1 Å². The molecule has 1 heterocycles. The van der Waals surface area contributed by atoms with E-state index in [-0.39, 0.29) is 11.7 Å². The summed E-state index contributed by atoms with van der Waals surface area (Å²) in [6.45, 7) is 3.91. The molecule has 0 saturated heterocycles. The van der Waals surface area contributed by atoms with Gasteiger partial charge >= 0.3 is 5.97 Å². The number of methoxy groups -OCH3 is 1. The average molecular weight is 387 g/mol. The molecule has 1 aromatic carbocycles. The molecule has 0 bridgehead atoms. The lowest BCUT2D eigenvalue weighted by atomic mass is 9.91. The normalized spacial score (nSPS) is 18.1. The van der Waals surface area contributed by atoms with E-state index >= 15 is 0 Å². The number of allylic oxidation sites excluding steroid dienone is 1. The van der Waals surface area contributed by atoms with Crippen LogP contribution in [0.5, 0.6) is 0 Å². The predicted octanol–water partition coefficient (Wildman–Crippen LogP) is 3.19. The van der Waals surface area contributed by atoms with Crippen LogP contribution in [-0.2, 0) is 9.53 Å². The zero-order chi connectivity index (χ0) is 16.4. The molecule has 1 atom stereocenters. The molecule has 22 heavy (non-hydrogen) atoms. The molecule has 1 aliphatic rings. The number of nitrogens with one attached hydrogen (secondary N) is 2. The fourth-order valence-electron chi connectivity index (χ4n) is 2.32. The molecule has 0 aromatic heterocycles. The topological polar surface area (TPSA) is 50.4 Å². The number of carbonyl (C=O) groups excluding carboxylic acids is 1. The van der Waals surface area contributed by atoms with Gasteiger partial charge in [-0.3, -0.25) is 0 Å². The van der Waals surface area contributed by atoms with Crippen molar-refractivity contribution in [2.45, 2.75) is 19.9 Å². The number of benzene rings is 1. The van der Waals surface area contributed by atoms with Crippen molar-refractivity contribution in [1.29, 1.82) is 0 Å². The maximum atomic E-state index is 13.5. The van der Waals surface area contributed by atoms with Gasteiger partial charge in [0.05, 0.1) is 23.2 Å². The van der Waals surface area contributed by atoms with Gasteiger partial charge in [0.2, 0.25) is 0 Å². The summed E-state index contributed by atoms with van der Waals surface area (Å²) in [5, 5.41) is 6.49. The molecule has 0 fully saturated rings. The van der Waals surface area contributed by atoms with Crippen molar-refractivity contribution in [2.75, 3.05) is 7.11 Å². The highest BCUT2D eigenvalue weighted by molar-refractivity contribution is 9.10. The first-order chi connectivity index (χ1) is 10.3. The van der Waals surface area contributed by atoms with Crippen molar-refractivity contribution < 1.29 is 13.9 Å². The van der Waals surface area contributed by atoms with Gasteiger partial charge in [-0.15, -0.1) is 0 Å². The van der Waals surface area contributed by atoms with E-state index in [9.17, 15) is 9.18 Å². The van der Waals surface area contributed by atoms with Gasteiger partial charge < -0.3 is 15.4 Å². The van der Waals surface area contributed by atoms with E-state index in [2.05, 4.69) is 26.6 Å². The lowest BCUT2D eigenvalue weighted by Crippen LogP contribution is -2.46. The first kappa shape index (κ1) is 16.9. The Morgan fingerprint density at radius 1 is 1.45 bits per heavy atom. The van der Waals surface area contributed by atoms with Crippen LogP contribution in [0.2, 0.25) is 0 Å². The van der Waals surface area contributed by atoms with E-state index in [0.29, 0.717) is 20.9 Å². The van der Waals surface area contributed by atoms with Gasteiger partial charge in [0, 0.05) is 5.70 Å².